The lowest BCUT2D eigenvalue weighted by Crippen LogP contribution is -2.22. The average molecular weight is 442 g/mol. The lowest BCUT2D eigenvalue weighted by atomic mass is 10.1. The van der Waals surface area contributed by atoms with Crippen molar-refractivity contribution in [2.24, 2.45) is 0 Å². The van der Waals surface area contributed by atoms with Gasteiger partial charge in [-0.15, -0.1) is 0 Å². The maximum absolute atomic E-state index is 13.0. The van der Waals surface area contributed by atoms with Crippen LogP contribution >= 0.6 is 11.6 Å². The standard InChI is InChI=1S/C17H11ClF3N5O4/c18-12-6-11(26(28)29)2-4-15(12)30-7-16(27)24-13-5-10(17(19,20)21)1-3-14(13)25-9-22-8-23-25/h1-6,8-9H,7H2,(H,24,27). The first-order valence-corrected chi connectivity index (χ1v) is 8.46. The first kappa shape index (κ1) is 21.0. The summed E-state index contributed by atoms with van der Waals surface area (Å²) in [4.78, 5) is 26.0. The van der Waals surface area contributed by atoms with Crippen LogP contribution < -0.4 is 10.1 Å². The topological polar surface area (TPSA) is 112 Å². The SMILES string of the molecule is O=C(COc1ccc([N+](=O)[O-])cc1Cl)Nc1cc(C(F)(F)F)ccc1-n1cncn1. The van der Waals surface area contributed by atoms with Crippen molar-refractivity contribution in [1.29, 1.82) is 0 Å². The zero-order chi connectivity index (χ0) is 21.9. The molecule has 0 unspecified atom stereocenters. The number of alkyl halides is 3. The molecule has 1 heterocycles. The third kappa shape index (κ3) is 4.84. The Morgan fingerprint density at radius 3 is 2.63 bits per heavy atom. The Kier molecular flexibility index (Phi) is 5.87. The Morgan fingerprint density at radius 2 is 2.03 bits per heavy atom. The summed E-state index contributed by atoms with van der Waals surface area (Å²) in [6, 6.07) is 6.13. The van der Waals surface area contributed by atoms with E-state index in [0.29, 0.717) is 0 Å². The van der Waals surface area contributed by atoms with Gasteiger partial charge in [0.15, 0.2) is 6.61 Å². The van der Waals surface area contributed by atoms with E-state index in [0.717, 1.165) is 30.3 Å². The highest BCUT2D eigenvalue weighted by molar-refractivity contribution is 6.32. The van der Waals surface area contributed by atoms with Crippen molar-refractivity contribution in [3.63, 3.8) is 0 Å². The van der Waals surface area contributed by atoms with Gasteiger partial charge in [0, 0.05) is 12.1 Å². The van der Waals surface area contributed by atoms with Crippen molar-refractivity contribution in [3.05, 3.63) is 69.8 Å². The molecule has 0 bridgehead atoms. The number of carbonyl (C=O) groups excluding carboxylic acids is 1. The van der Waals surface area contributed by atoms with Crippen LogP contribution in [-0.4, -0.2) is 32.2 Å². The van der Waals surface area contributed by atoms with E-state index in [4.69, 9.17) is 16.3 Å². The first-order chi connectivity index (χ1) is 14.1. The minimum atomic E-state index is -4.62. The molecular weight excluding hydrogens is 431 g/mol. The number of nitro benzene ring substituents is 1. The zero-order valence-electron chi connectivity index (χ0n) is 14.8. The molecule has 3 aromatic rings. The van der Waals surface area contributed by atoms with Gasteiger partial charge in [-0.3, -0.25) is 14.9 Å². The predicted molar refractivity (Wildman–Crippen MR) is 98.6 cm³/mol. The number of hydrogen-bond acceptors (Lipinski definition) is 6. The van der Waals surface area contributed by atoms with Crippen LogP contribution in [0.15, 0.2) is 49.1 Å². The van der Waals surface area contributed by atoms with E-state index in [1.165, 1.54) is 23.4 Å². The molecule has 2 aromatic carbocycles. The molecule has 9 nitrogen and oxygen atoms in total. The number of non-ortho nitro benzene ring substituents is 1. The van der Waals surface area contributed by atoms with Crippen LogP contribution in [-0.2, 0) is 11.0 Å². The number of nitrogens with one attached hydrogen (secondary N) is 1. The summed E-state index contributed by atoms with van der Waals surface area (Å²) >= 11 is 5.88. The maximum atomic E-state index is 13.0. The summed E-state index contributed by atoms with van der Waals surface area (Å²) in [6.45, 7) is -0.607. The predicted octanol–water partition coefficient (Wildman–Crippen LogP) is 3.87. The Labute approximate surface area is 171 Å². The first-order valence-electron chi connectivity index (χ1n) is 8.08. The van der Waals surface area contributed by atoms with Crippen molar-refractivity contribution >= 4 is 28.9 Å². The molecule has 3 rings (SSSR count). The van der Waals surface area contributed by atoms with E-state index in [2.05, 4.69) is 15.4 Å². The van der Waals surface area contributed by atoms with Gasteiger partial charge < -0.3 is 10.1 Å². The number of aromatic nitrogens is 3. The van der Waals surface area contributed by atoms with E-state index in [-0.39, 0.29) is 27.8 Å². The third-order valence-corrected chi connectivity index (χ3v) is 4.04. The summed E-state index contributed by atoms with van der Waals surface area (Å²) in [5, 5.41) is 16.8. The molecule has 156 valence electrons. The van der Waals surface area contributed by atoms with Gasteiger partial charge in [-0.25, -0.2) is 9.67 Å². The Bertz CT molecular complexity index is 1090. The van der Waals surface area contributed by atoms with Crippen molar-refractivity contribution < 1.29 is 27.6 Å². The zero-order valence-corrected chi connectivity index (χ0v) is 15.5. The van der Waals surface area contributed by atoms with Crippen LogP contribution in [0.25, 0.3) is 5.69 Å². The smallest absolute Gasteiger partial charge is 0.416 e. The third-order valence-electron chi connectivity index (χ3n) is 3.75. The summed E-state index contributed by atoms with van der Waals surface area (Å²) in [5.41, 5.74) is -1.25. The molecule has 0 saturated heterocycles. The van der Waals surface area contributed by atoms with Crippen molar-refractivity contribution in [2.75, 3.05) is 11.9 Å². The summed E-state index contributed by atoms with van der Waals surface area (Å²) < 4.78 is 45.5. The number of hydrogen-bond donors (Lipinski definition) is 1. The van der Waals surface area contributed by atoms with Gasteiger partial charge in [0.2, 0.25) is 0 Å². The molecule has 1 N–H and O–H groups in total. The van der Waals surface area contributed by atoms with Crippen LogP contribution in [0.5, 0.6) is 5.75 Å². The summed E-state index contributed by atoms with van der Waals surface area (Å²) in [6.07, 6.45) is -2.18. The van der Waals surface area contributed by atoms with Crippen molar-refractivity contribution in [1.82, 2.24) is 14.8 Å². The minimum absolute atomic E-state index is 0.00189. The molecule has 1 amide bonds. The highest BCUT2D eigenvalue weighted by Crippen LogP contribution is 2.33. The monoisotopic (exact) mass is 441 g/mol. The number of carbonyl (C=O) groups is 1. The van der Waals surface area contributed by atoms with E-state index in [1.54, 1.807) is 0 Å². The van der Waals surface area contributed by atoms with Crippen LogP contribution in [0, 0.1) is 10.1 Å². The van der Waals surface area contributed by atoms with E-state index in [1.807, 2.05) is 0 Å². The van der Waals surface area contributed by atoms with Crippen LogP contribution in [0.3, 0.4) is 0 Å². The van der Waals surface area contributed by atoms with Crippen molar-refractivity contribution in [3.8, 4) is 11.4 Å². The molecule has 0 aliphatic rings. The molecule has 0 spiro atoms. The Balaban J connectivity index is 1.78. The van der Waals surface area contributed by atoms with Gasteiger partial charge >= 0.3 is 6.18 Å². The van der Waals surface area contributed by atoms with Crippen molar-refractivity contribution in [2.45, 2.75) is 6.18 Å². The van der Waals surface area contributed by atoms with Crippen LogP contribution in [0.4, 0.5) is 24.5 Å². The van der Waals surface area contributed by atoms with Crippen LogP contribution in [0.2, 0.25) is 5.02 Å². The Hall–Kier alpha value is -3.67. The number of ether oxygens (including phenoxy) is 1. The fraction of sp³-hybridized carbons (Fsp3) is 0.118. The quantitative estimate of drug-likeness (QED) is 0.459. The summed E-state index contributed by atoms with van der Waals surface area (Å²) in [5.74, 6) is -0.789. The van der Waals surface area contributed by atoms with Crippen LogP contribution in [0.1, 0.15) is 5.56 Å². The second-order valence-electron chi connectivity index (χ2n) is 5.78. The molecule has 0 fully saturated rings. The number of halogens is 4. The normalized spacial score (nSPS) is 11.2. The highest BCUT2D eigenvalue weighted by atomic mass is 35.5. The van der Waals surface area contributed by atoms with Gasteiger partial charge in [0.25, 0.3) is 11.6 Å². The molecule has 13 heteroatoms. The number of rotatable bonds is 6. The number of amides is 1. The highest BCUT2D eigenvalue weighted by Gasteiger charge is 2.31. The van der Waals surface area contributed by atoms with Gasteiger partial charge in [-0.05, 0) is 24.3 Å². The van der Waals surface area contributed by atoms with Gasteiger partial charge in [0.1, 0.15) is 18.4 Å². The van der Waals surface area contributed by atoms with E-state index >= 15 is 0 Å². The molecule has 0 radical (unpaired) electrons. The molecule has 0 saturated carbocycles. The van der Waals surface area contributed by atoms with E-state index in [9.17, 15) is 28.1 Å². The molecule has 1 aromatic heterocycles. The number of benzene rings is 2. The maximum Gasteiger partial charge on any atom is 0.416 e. The molecular formula is C17H11ClF3N5O4. The molecule has 0 atom stereocenters. The number of nitrogens with zero attached hydrogens (tertiary/aromatic N) is 4. The molecule has 0 aliphatic carbocycles. The van der Waals surface area contributed by atoms with Gasteiger partial charge in [-0.2, -0.15) is 18.3 Å². The number of anilines is 1. The minimum Gasteiger partial charge on any atom is -0.482 e. The lowest BCUT2D eigenvalue weighted by molar-refractivity contribution is -0.384. The summed E-state index contributed by atoms with van der Waals surface area (Å²) in [7, 11) is 0. The molecule has 0 aliphatic heterocycles. The van der Waals surface area contributed by atoms with Gasteiger partial charge in [-0.1, -0.05) is 11.6 Å². The Morgan fingerprint density at radius 1 is 1.27 bits per heavy atom. The van der Waals surface area contributed by atoms with E-state index < -0.39 is 29.2 Å². The largest absolute Gasteiger partial charge is 0.482 e. The second kappa shape index (κ2) is 8.37. The average Bonchev–Trinajstić information content (AvgIpc) is 3.20. The lowest BCUT2D eigenvalue weighted by Gasteiger charge is -2.15. The van der Waals surface area contributed by atoms with Gasteiger partial charge in [0.05, 0.1) is 26.9 Å². The molecule has 30 heavy (non-hydrogen) atoms. The second-order valence-corrected chi connectivity index (χ2v) is 6.19. The fourth-order valence-corrected chi connectivity index (χ4v) is 2.62. The fourth-order valence-electron chi connectivity index (χ4n) is 2.39. The number of nitro groups is 1.